The fourth-order valence-corrected chi connectivity index (χ4v) is 3.15. The van der Waals surface area contributed by atoms with Crippen molar-refractivity contribution < 1.29 is 19.0 Å². The molecule has 21 heavy (non-hydrogen) atoms. The molecule has 1 aromatic carbocycles. The molecule has 1 aliphatic carbocycles. The van der Waals surface area contributed by atoms with Gasteiger partial charge in [-0.3, -0.25) is 0 Å². The Kier molecular flexibility index (Phi) is 4.99. The average molecular weight is 291 g/mol. The predicted octanol–water partition coefficient (Wildman–Crippen LogP) is 2.96. The standard InChI is InChI=1S/C16H21NO4/c1-19-10-12-6-7-13(15(21-3)14(12)20-2)16(17-11-18)8-4-5-9-16/h6-7H,4-5,8-10H2,1-3H3. The second-order valence-electron chi connectivity index (χ2n) is 5.21. The summed E-state index contributed by atoms with van der Waals surface area (Å²) in [7, 11) is 4.84. The topological polar surface area (TPSA) is 57.1 Å². The van der Waals surface area contributed by atoms with Gasteiger partial charge in [0.25, 0.3) is 0 Å². The molecule has 5 nitrogen and oxygen atoms in total. The lowest BCUT2D eigenvalue weighted by Crippen LogP contribution is -2.20. The van der Waals surface area contributed by atoms with Crippen LogP contribution in [-0.4, -0.2) is 27.4 Å². The van der Waals surface area contributed by atoms with Gasteiger partial charge in [0.15, 0.2) is 11.5 Å². The van der Waals surface area contributed by atoms with E-state index >= 15 is 0 Å². The molecule has 1 saturated carbocycles. The van der Waals surface area contributed by atoms with Crippen molar-refractivity contribution in [3.8, 4) is 11.5 Å². The van der Waals surface area contributed by atoms with Crippen molar-refractivity contribution in [1.82, 2.24) is 0 Å². The lowest BCUT2D eigenvalue weighted by atomic mass is 9.87. The smallest absolute Gasteiger partial charge is 0.235 e. The third kappa shape index (κ3) is 2.80. The quantitative estimate of drug-likeness (QED) is 0.597. The molecule has 0 amide bonds. The highest BCUT2D eigenvalue weighted by atomic mass is 16.5. The van der Waals surface area contributed by atoms with E-state index in [4.69, 9.17) is 14.2 Å². The third-order valence-corrected chi connectivity index (χ3v) is 4.09. The van der Waals surface area contributed by atoms with Crippen molar-refractivity contribution in [2.75, 3.05) is 21.3 Å². The van der Waals surface area contributed by atoms with Gasteiger partial charge in [0.2, 0.25) is 6.08 Å². The van der Waals surface area contributed by atoms with Gasteiger partial charge in [-0.05, 0) is 12.8 Å². The van der Waals surface area contributed by atoms with E-state index in [1.807, 2.05) is 12.1 Å². The molecule has 0 heterocycles. The number of hydrogen-bond acceptors (Lipinski definition) is 5. The van der Waals surface area contributed by atoms with E-state index in [1.54, 1.807) is 27.4 Å². The molecule has 1 aromatic rings. The van der Waals surface area contributed by atoms with Crippen molar-refractivity contribution in [3.63, 3.8) is 0 Å². The molecule has 0 bridgehead atoms. The average Bonchev–Trinajstić information content (AvgIpc) is 2.96. The number of carbonyl (C=O) groups excluding carboxylic acids is 1. The number of hydrogen-bond donors (Lipinski definition) is 0. The molecular formula is C16H21NO4. The van der Waals surface area contributed by atoms with Crippen LogP contribution in [0.15, 0.2) is 17.1 Å². The van der Waals surface area contributed by atoms with Crippen molar-refractivity contribution in [2.45, 2.75) is 37.8 Å². The maximum Gasteiger partial charge on any atom is 0.235 e. The Morgan fingerprint density at radius 2 is 1.81 bits per heavy atom. The SMILES string of the molecule is COCc1ccc(C2(N=C=O)CCCC2)c(OC)c1OC. The molecule has 0 saturated heterocycles. The van der Waals surface area contributed by atoms with Gasteiger partial charge in [0, 0.05) is 18.2 Å². The summed E-state index contributed by atoms with van der Waals surface area (Å²) < 4.78 is 16.3. The lowest BCUT2D eigenvalue weighted by Gasteiger charge is -2.27. The van der Waals surface area contributed by atoms with E-state index in [1.165, 1.54) is 0 Å². The van der Waals surface area contributed by atoms with Gasteiger partial charge in [0.05, 0.1) is 20.8 Å². The Bertz CT molecular complexity index is 543. The van der Waals surface area contributed by atoms with Crippen molar-refractivity contribution in [3.05, 3.63) is 23.3 Å². The van der Waals surface area contributed by atoms with Crippen LogP contribution in [0, 0.1) is 0 Å². The summed E-state index contributed by atoms with van der Waals surface area (Å²) in [5.41, 5.74) is 1.26. The van der Waals surface area contributed by atoms with Gasteiger partial charge in [-0.15, -0.1) is 0 Å². The Morgan fingerprint density at radius 3 is 2.33 bits per heavy atom. The van der Waals surface area contributed by atoms with Crippen molar-refractivity contribution >= 4 is 6.08 Å². The summed E-state index contributed by atoms with van der Waals surface area (Å²) in [5.74, 6) is 1.28. The number of aliphatic imine (C=N–C) groups is 1. The Balaban J connectivity index is 2.60. The summed E-state index contributed by atoms with van der Waals surface area (Å²) in [4.78, 5) is 15.0. The molecule has 2 rings (SSSR count). The number of isocyanates is 1. The third-order valence-electron chi connectivity index (χ3n) is 4.09. The first-order chi connectivity index (χ1) is 10.2. The molecule has 0 spiro atoms. The highest BCUT2D eigenvalue weighted by Gasteiger charge is 2.39. The van der Waals surface area contributed by atoms with E-state index < -0.39 is 5.54 Å². The molecular weight excluding hydrogens is 270 g/mol. The zero-order valence-electron chi connectivity index (χ0n) is 12.8. The predicted molar refractivity (Wildman–Crippen MR) is 78.5 cm³/mol. The van der Waals surface area contributed by atoms with Crippen LogP contribution in [-0.2, 0) is 21.7 Å². The summed E-state index contributed by atoms with van der Waals surface area (Å²) in [6.45, 7) is 0.434. The van der Waals surface area contributed by atoms with E-state index in [9.17, 15) is 4.79 Å². The zero-order chi connectivity index (χ0) is 15.3. The Morgan fingerprint density at radius 1 is 1.14 bits per heavy atom. The minimum atomic E-state index is -0.536. The lowest BCUT2D eigenvalue weighted by molar-refractivity contribution is 0.180. The van der Waals surface area contributed by atoms with Crippen LogP contribution in [0.5, 0.6) is 11.5 Å². The molecule has 0 radical (unpaired) electrons. The summed E-state index contributed by atoms with van der Waals surface area (Å²) in [6, 6.07) is 3.91. The van der Waals surface area contributed by atoms with Crippen molar-refractivity contribution in [2.24, 2.45) is 4.99 Å². The van der Waals surface area contributed by atoms with Gasteiger partial charge in [0.1, 0.15) is 5.54 Å². The van der Waals surface area contributed by atoms with Crippen molar-refractivity contribution in [1.29, 1.82) is 0 Å². The Labute approximate surface area is 124 Å². The van der Waals surface area contributed by atoms with Crippen LogP contribution in [0.4, 0.5) is 0 Å². The van der Waals surface area contributed by atoms with E-state index in [0.29, 0.717) is 18.1 Å². The van der Waals surface area contributed by atoms with Gasteiger partial charge in [-0.2, -0.15) is 4.99 Å². The highest BCUT2D eigenvalue weighted by molar-refractivity contribution is 5.55. The van der Waals surface area contributed by atoms with E-state index in [-0.39, 0.29) is 0 Å². The van der Waals surface area contributed by atoms with Crippen LogP contribution < -0.4 is 9.47 Å². The first-order valence-electron chi connectivity index (χ1n) is 7.04. The summed E-state index contributed by atoms with van der Waals surface area (Å²) >= 11 is 0. The van der Waals surface area contributed by atoms with Gasteiger partial charge in [-0.25, -0.2) is 4.79 Å². The van der Waals surface area contributed by atoms with Gasteiger partial charge in [-0.1, -0.05) is 25.0 Å². The number of benzene rings is 1. The fraction of sp³-hybridized carbons (Fsp3) is 0.562. The second-order valence-corrected chi connectivity index (χ2v) is 5.21. The molecule has 0 unspecified atom stereocenters. The number of ether oxygens (including phenoxy) is 3. The van der Waals surface area contributed by atoms with E-state index in [0.717, 1.165) is 36.8 Å². The summed E-state index contributed by atoms with van der Waals surface area (Å²) in [6.07, 6.45) is 5.46. The minimum absolute atomic E-state index is 0.434. The van der Waals surface area contributed by atoms with Gasteiger partial charge >= 0.3 is 0 Å². The number of rotatable bonds is 6. The van der Waals surface area contributed by atoms with Crippen LogP contribution in [0.1, 0.15) is 36.8 Å². The van der Waals surface area contributed by atoms with E-state index in [2.05, 4.69) is 4.99 Å². The number of nitrogens with zero attached hydrogens (tertiary/aromatic N) is 1. The normalized spacial score (nSPS) is 16.3. The molecule has 1 aliphatic rings. The highest BCUT2D eigenvalue weighted by Crippen LogP contribution is 2.49. The maximum absolute atomic E-state index is 10.9. The van der Waals surface area contributed by atoms with Crippen LogP contribution in [0.2, 0.25) is 0 Å². The molecule has 0 atom stereocenters. The largest absolute Gasteiger partial charge is 0.492 e. The number of methoxy groups -OCH3 is 3. The fourth-order valence-electron chi connectivity index (χ4n) is 3.15. The minimum Gasteiger partial charge on any atom is -0.492 e. The second kappa shape index (κ2) is 6.74. The first kappa shape index (κ1) is 15.5. The molecule has 5 heteroatoms. The zero-order valence-corrected chi connectivity index (χ0v) is 12.8. The van der Waals surface area contributed by atoms with Crippen LogP contribution in [0.25, 0.3) is 0 Å². The summed E-state index contributed by atoms with van der Waals surface area (Å²) in [5, 5.41) is 0. The molecule has 0 N–H and O–H groups in total. The molecule has 114 valence electrons. The molecule has 1 fully saturated rings. The van der Waals surface area contributed by atoms with Gasteiger partial charge < -0.3 is 14.2 Å². The maximum atomic E-state index is 10.9. The van der Waals surface area contributed by atoms with Crippen LogP contribution >= 0.6 is 0 Å². The van der Waals surface area contributed by atoms with Crippen LogP contribution in [0.3, 0.4) is 0 Å². The first-order valence-corrected chi connectivity index (χ1v) is 7.04. The monoisotopic (exact) mass is 291 g/mol. The molecule has 0 aliphatic heterocycles. The molecule has 0 aromatic heterocycles. The Hall–Kier alpha value is -1.84.